The van der Waals surface area contributed by atoms with Gasteiger partial charge in [0.15, 0.2) is 0 Å². The molecule has 1 heterocycles. The molecule has 5 heteroatoms. The molecule has 17 heavy (non-hydrogen) atoms. The highest BCUT2D eigenvalue weighted by molar-refractivity contribution is 7.80. The summed E-state index contributed by atoms with van der Waals surface area (Å²) in [6, 6.07) is 0. The molecule has 1 atom stereocenters. The van der Waals surface area contributed by atoms with Gasteiger partial charge in [-0.3, -0.25) is 4.79 Å². The van der Waals surface area contributed by atoms with Gasteiger partial charge in [-0.1, -0.05) is 19.1 Å². The molecule has 0 bridgehead atoms. The van der Waals surface area contributed by atoms with Crippen LogP contribution in [0.2, 0.25) is 0 Å². The Morgan fingerprint density at radius 1 is 1.53 bits per heavy atom. The minimum Gasteiger partial charge on any atom is -0.392 e. The van der Waals surface area contributed by atoms with E-state index in [1.165, 1.54) is 0 Å². The number of aliphatic hydroxyl groups is 1. The van der Waals surface area contributed by atoms with E-state index in [4.69, 9.17) is 18.0 Å². The van der Waals surface area contributed by atoms with Crippen LogP contribution in [0.15, 0.2) is 0 Å². The van der Waals surface area contributed by atoms with Gasteiger partial charge >= 0.3 is 0 Å². The number of amides is 1. The van der Waals surface area contributed by atoms with Crippen molar-refractivity contribution >= 4 is 23.1 Å². The second-order valence-electron chi connectivity index (χ2n) is 5.93. The number of rotatable bonds is 2. The van der Waals surface area contributed by atoms with Gasteiger partial charge < -0.3 is 15.7 Å². The van der Waals surface area contributed by atoms with E-state index in [1.54, 1.807) is 11.8 Å². The minimum absolute atomic E-state index is 0.0147. The van der Waals surface area contributed by atoms with Crippen molar-refractivity contribution in [1.29, 1.82) is 0 Å². The van der Waals surface area contributed by atoms with E-state index in [2.05, 4.69) is 6.92 Å². The van der Waals surface area contributed by atoms with E-state index in [9.17, 15) is 9.90 Å². The van der Waals surface area contributed by atoms with Crippen LogP contribution in [-0.2, 0) is 4.79 Å². The molecule has 2 aliphatic rings. The fourth-order valence-corrected chi connectivity index (χ4v) is 3.29. The van der Waals surface area contributed by atoms with Crippen LogP contribution >= 0.6 is 12.2 Å². The molecule has 0 radical (unpaired) electrons. The normalized spacial score (nSPS) is 41.1. The molecule has 0 spiro atoms. The van der Waals surface area contributed by atoms with Gasteiger partial charge in [-0.25, -0.2) is 0 Å². The summed E-state index contributed by atoms with van der Waals surface area (Å²) in [5.74, 6) is 0.518. The van der Waals surface area contributed by atoms with Crippen LogP contribution in [-0.4, -0.2) is 39.6 Å². The lowest BCUT2D eigenvalue weighted by Crippen LogP contribution is -2.57. The molecule has 1 aliphatic heterocycles. The minimum atomic E-state index is -0.761. The largest absolute Gasteiger partial charge is 0.392 e. The maximum Gasteiger partial charge on any atom is 0.235 e. The summed E-state index contributed by atoms with van der Waals surface area (Å²) >= 11 is 5.07. The number of nitrogens with two attached hydrogens (primary N) is 1. The summed E-state index contributed by atoms with van der Waals surface area (Å²) in [6.45, 7) is 4.86. The van der Waals surface area contributed by atoms with Crippen molar-refractivity contribution in [3.8, 4) is 0 Å². The van der Waals surface area contributed by atoms with Gasteiger partial charge in [-0.15, -0.1) is 0 Å². The standard InChI is InChI=1S/C12H20N2O2S/c1-8-5-12(6-8,9(13)17)10(15)14-4-3-11(2,16)7-14/h8,16H,3-7H2,1-2H3,(H2,13,17). The Labute approximate surface area is 107 Å². The van der Waals surface area contributed by atoms with E-state index >= 15 is 0 Å². The zero-order chi connectivity index (χ0) is 12.8. The number of likely N-dealkylation sites (tertiary alicyclic amines) is 1. The van der Waals surface area contributed by atoms with Crippen LogP contribution in [0.3, 0.4) is 0 Å². The number of hydrogen-bond acceptors (Lipinski definition) is 3. The predicted octanol–water partition coefficient (Wildman–Crippen LogP) is 0.672. The van der Waals surface area contributed by atoms with Gasteiger partial charge in [0.2, 0.25) is 5.91 Å². The van der Waals surface area contributed by atoms with Crippen molar-refractivity contribution in [3.63, 3.8) is 0 Å². The monoisotopic (exact) mass is 256 g/mol. The number of nitrogens with zero attached hydrogens (tertiary/aromatic N) is 1. The number of hydrogen-bond donors (Lipinski definition) is 2. The molecule has 0 aromatic heterocycles. The highest BCUT2D eigenvalue weighted by Gasteiger charge is 2.53. The van der Waals surface area contributed by atoms with Crippen LogP contribution in [0, 0.1) is 11.3 Å². The molecule has 3 N–H and O–H groups in total. The zero-order valence-electron chi connectivity index (χ0n) is 10.4. The van der Waals surface area contributed by atoms with Gasteiger partial charge in [0, 0.05) is 13.1 Å². The number of thiocarbonyl (C=S) groups is 1. The average molecular weight is 256 g/mol. The molecule has 1 unspecified atom stereocenters. The number of β-amino-alcohol motifs (C(OH)–C–C–N with tert-alkyl or cyclic N) is 1. The van der Waals surface area contributed by atoms with Crippen LogP contribution in [0.1, 0.15) is 33.1 Å². The van der Waals surface area contributed by atoms with Crippen molar-refractivity contribution < 1.29 is 9.90 Å². The first-order valence-corrected chi connectivity index (χ1v) is 6.49. The van der Waals surface area contributed by atoms with E-state index in [0.29, 0.717) is 30.4 Å². The molecule has 4 nitrogen and oxygen atoms in total. The molecular weight excluding hydrogens is 236 g/mol. The molecule has 96 valence electrons. The third-order valence-corrected chi connectivity index (χ3v) is 4.40. The van der Waals surface area contributed by atoms with Crippen LogP contribution in [0.4, 0.5) is 0 Å². The molecular formula is C12H20N2O2S. The lowest BCUT2D eigenvalue weighted by molar-refractivity contribution is -0.143. The van der Waals surface area contributed by atoms with Gasteiger partial charge in [-0.05, 0) is 32.1 Å². The van der Waals surface area contributed by atoms with Gasteiger partial charge in [-0.2, -0.15) is 0 Å². The Balaban J connectivity index is 2.12. The predicted molar refractivity (Wildman–Crippen MR) is 69.4 cm³/mol. The smallest absolute Gasteiger partial charge is 0.235 e. The van der Waals surface area contributed by atoms with Gasteiger partial charge in [0.25, 0.3) is 0 Å². The highest BCUT2D eigenvalue weighted by atomic mass is 32.1. The SMILES string of the molecule is CC1CC(C(=O)N2CCC(C)(O)C2)(C(N)=S)C1. The summed E-state index contributed by atoms with van der Waals surface area (Å²) in [4.78, 5) is 14.5. The lowest BCUT2D eigenvalue weighted by Gasteiger charge is -2.46. The van der Waals surface area contributed by atoms with Gasteiger partial charge in [0.05, 0.1) is 16.0 Å². The fourth-order valence-electron chi connectivity index (χ4n) is 3.03. The first-order valence-electron chi connectivity index (χ1n) is 6.08. The third-order valence-electron chi connectivity index (χ3n) is 4.01. The van der Waals surface area contributed by atoms with Crippen molar-refractivity contribution in [2.45, 2.75) is 38.7 Å². The highest BCUT2D eigenvalue weighted by Crippen LogP contribution is 2.47. The number of carbonyl (C=O) groups is 1. The van der Waals surface area contributed by atoms with E-state index < -0.39 is 11.0 Å². The first kappa shape index (κ1) is 12.8. The van der Waals surface area contributed by atoms with Gasteiger partial charge in [0.1, 0.15) is 0 Å². The second kappa shape index (κ2) is 3.92. The Morgan fingerprint density at radius 2 is 2.12 bits per heavy atom. The van der Waals surface area contributed by atoms with E-state index in [-0.39, 0.29) is 5.91 Å². The molecule has 0 aromatic carbocycles. The van der Waals surface area contributed by atoms with E-state index in [1.807, 2.05) is 0 Å². The quantitative estimate of drug-likeness (QED) is 0.713. The van der Waals surface area contributed by atoms with Crippen LogP contribution < -0.4 is 5.73 Å². The molecule has 2 rings (SSSR count). The zero-order valence-corrected chi connectivity index (χ0v) is 11.2. The van der Waals surface area contributed by atoms with Crippen molar-refractivity contribution in [3.05, 3.63) is 0 Å². The molecule has 0 aromatic rings. The maximum absolute atomic E-state index is 12.5. The maximum atomic E-state index is 12.5. The molecule has 1 saturated heterocycles. The Morgan fingerprint density at radius 3 is 2.47 bits per heavy atom. The van der Waals surface area contributed by atoms with Crippen LogP contribution in [0.25, 0.3) is 0 Å². The van der Waals surface area contributed by atoms with Crippen molar-refractivity contribution in [2.24, 2.45) is 17.1 Å². The molecule has 1 saturated carbocycles. The second-order valence-corrected chi connectivity index (χ2v) is 6.37. The van der Waals surface area contributed by atoms with E-state index in [0.717, 1.165) is 12.8 Å². The summed E-state index contributed by atoms with van der Waals surface area (Å²) in [5.41, 5.74) is 4.36. The Hall–Kier alpha value is -0.680. The van der Waals surface area contributed by atoms with Crippen molar-refractivity contribution in [1.82, 2.24) is 4.90 Å². The summed E-state index contributed by atoms with van der Waals surface area (Å²) < 4.78 is 0. The third kappa shape index (κ3) is 2.06. The lowest BCUT2D eigenvalue weighted by atomic mass is 9.61. The first-order chi connectivity index (χ1) is 7.77. The Bertz CT molecular complexity index is 362. The summed E-state index contributed by atoms with van der Waals surface area (Å²) in [7, 11) is 0. The molecule has 1 amide bonds. The molecule has 2 fully saturated rings. The van der Waals surface area contributed by atoms with Crippen molar-refractivity contribution in [2.75, 3.05) is 13.1 Å². The summed E-state index contributed by atoms with van der Waals surface area (Å²) in [5, 5.41) is 9.90. The number of carbonyl (C=O) groups excluding carboxylic acids is 1. The topological polar surface area (TPSA) is 66.6 Å². The van der Waals surface area contributed by atoms with Crippen LogP contribution in [0.5, 0.6) is 0 Å². The summed E-state index contributed by atoms with van der Waals surface area (Å²) in [6.07, 6.45) is 2.13. The average Bonchev–Trinajstić information content (AvgIpc) is 2.52. The fraction of sp³-hybridized carbons (Fsp3) is 0.833. The Kier molecular flexibility index (Phi) is 2.94. The molecule has 1 aliphatic carbocycles.